The van der Waals surface area contributed by atoms with E-state index in [0.29, 0.717) is 6.04 Å². The highest BCUT2D eigenvalue weighted by molar-refractivity contribution is 5.85. The smallest absolute Gasteiger partial charge is 0.0120 e. The van der Waals surface area contributed by atoms with Crippen LogP contribution >= 0.6 is 12.4 Å². The van der Waals surface area contributed by atoms with Gasteiger partial charge in [0.15, 0.2) is 0 Å². The molecule has 20 heavy (non-hydrogen) atoms. The zero-order valence-electron chi connectivity index (χ0n) is 11.7. The molecule has 104 valence electrons. The summed E-state index contributed by atoms with van der Waals surface area (Å²) in [5.74, 6) is 0. The Morgan fingerprint density at radius 3 is 2.25 bits per heavy atom. The fraction of sp³-hybridized carbons (Fsp3) is 0.222. The molecule has 0 fully saturated rings. The van der Waals surface area contributed by atoms with Crippen molar-refractivity contribution in [3.05, 3.63) is 70.3 Å². The first kappa shape index (κ1) is 14.8. The van der Waals surface area contributed by atoms with Crippen LogP contribution in [0.1, 0.15) is 27.8 Å². The zero-order valence-corrected chi connectivity index (χ0v) is 12.5. The molecule has 0 saturated carbocycles. The molecule has 1 aliphatic carbocycles. The maximum absolute atomic E-state index is 6.00. The van der Waals surface area contributed by atoms with Crippen LogP contribution in [0.5, 0.6) is 0 Å². The van der Waals surface area contributed by atoms with Gasteiger partial charge in [0.05, 0.1) is 0 Å². The van der Waals surface area contributed by atoms with E-state index < -0.39 is 0 Å². The first-order valence-corrected chi connectivity index (χ1v) is 6.83. The molecule has 0 amide bonds. The van der Waals surface area contributed by atoms with Crippen molar-refractivity contribution in [3.8, 4) is 0 Å². The average Bonchev–Trinajstić information content (AvgIpc) is 2.77. The average molecular weight is 286 g/mol. The molecule has 2 aromatic rings. The first-order chi connectivity index (χ1) is 9.20. The van der Waals surface area contributed by atoms with Crippen LogP contribution in [0.15, 0.2) is 42.5 Å². The van der Waals surface area contributed by atoms with Crippen molar-refractivity contribution in [1.29, 1.82) is 0 Å². The SMILES string of the molecule is Cc1ccc(C=Cc2ccc3c(c2)CC(N)C3)cc1.Cl. The largest absolute Gasteiger partial charge is 0.327 e. The standard InChI is InChI=1S/C18H19N.ClH/c1-13-2-4-14(5-3-13)6-7-15-8-9-16-11-18(19)12-17(16)10-15;/h2-10,18H,11-12,19H2,1H3;1H. The first-order valence-electron chi connectivity index (χ1n) is 6.83. The molecule has 0 bridgehead atoms. The summed E-state index contributed by atoms with van der Waals surface area (Å²) >= 11 is 0. The molecule has 0 aromatic heterocycles. The molecule has 3 rings (SSSR count). The second-order valence-corrected chi connectivity index (χ2v) is 5.44. The molecular weight excluding hydrogens is 266 g/mol. The molecule has 2 N–H and O–H groups in total. The maximum Gasteiger partial charge on any atom is 0.0120 e. The van der Waals surface area contributed by atoms with E-state index in [-0.39, 0.29) is 12.4 Å². The van der Waals surface area contributed by atoms with Crippen LogP contribution < -0.4 is 5.73 Å². The van der Waals surface area contributed by atoms with E-state index in [0.717, 1.165) is 12.8 Å². The minimum atomic E-state index is 0. The third-order valence-corrected chi connectivity index (χ3v) is 3.74. The predicted octanol–water partition coefficient (Wildman–Crippen LogP) is 4.01. The van der Waals surface area contributed by atoms with E-state index >= 15 is 0 Å². The molecule has 0 saturated heterocycles. The van der Waals surface area contributed by atoms with Gasteiger partial charge in [-0.1, -0.05) is 60.2 Å². The van der Waals surface area contributed by atoms with Crippen LogP contribution in [0.4, 0.5) is 0 Å². The number of halogens is 1. The lowest BCUT2D eigenvalue weighted by Gasteiger charge is -2.00. The second-order valence-electron chi connectivity index (χ2n) is 5.44. The molecule has 0 aliphatic heterocycles. The Hall–Kier alpha value is -1.57. The van der Waals surface area contributed by atoms with Gasteiger partial charge < -0.3 is 5.73 Å². The minimum absolute atomic E-state index is 0. The number of aryl methyl sites for hydroxylation is 1. The van der Waals surface area contributed by atoms with Crippen molar-refractivity contribution in [1.82, 2.24) is 0 Å². The van der Waals surface area contributed by atoms with E-state index in [1.165, 1.54) is 27.8 Å². The van der Waals surface area contributed by atoms with Gasteiger partial charge in [0, 0.05) is 6.04 Å². The Morgan fingerprint density at radius 2 is 1.50 bits per heavy atom. The summed E-state index contributed by atoms with van der Waals surface area (Å²) in [5.41, 5.74) is 12.6. The molecule has 1 atom stereocenters. The number of hydrogen-bond donors (Lipinski definition) is 1. The Labute approximate surface area is 126 Å². The predicted molar refractivity (Wildman–Crippen MR) is 89.2 cm³/mol. The molecular formula is C18H20ClN. The van der Waals surface area contributed by atoms with Gasteiger partial charge in [-0.25, -0.2) is 0 Å². The van der Waals surface area contributed by atoms with E-state index in [9.17, 15) is 0 Å². The molecule has 2 heteroatoms. The lowest BCUT2D eigenvalue weighted by molar-refractivity contribution is 0.721. The Bertz CT molecular complexity index is 614. The lowest BCUT2D eigenvalue weighted by Crippen LogP contribution is -2.18. The Balaban J connectivity index is 0.00000147. The van der Waals surface area contributed by atoms with Crippen molar-refractivity contribution < 1.29 is 0 Å². The number of rotatable bonds is 2. The molecule has 0 spiro atoms. The van der Waals surface area contributed by atoms with Crippen molar-refractivity contribution in [2.75, 3.05) is 0 Å². The molecule has 2 aromatic carbocycles. The van der Waals surface area contributed by atoms with Crippen LogP contribution in [0.2, 0.25) is 0 Å². The normalized spacial score (nSPS) is 17.0. The van der Waals surface area contributed by atoms with Crippen LogP contribution in [-0.4, -0.2) is 6.04 Å². The van der Waals surface area contributed by atoms with Crippen molar-refractivity contribution in [2.45, 2.75) is 25.8 Å². The van der Waals surface area contributed by atoms with Crippen LogP contribution in [-0.2, 0) is 12.8 Å². The maximum atomic E-state index is 6.00. The highest BCUT2D eigenvalue weighted by Gasteiger charge is 2.17. The quantitative estimate of drug-likeness (QED) is 0.829. The molecule has 1 aliphatic rings. The van der Waals surface area contributed by atoms with Crippen molar-refractivity contribution >= 4 is 24.6 Å². The Kier molecular flexibility index (Phi) is 4.64. The van der Waals surface area contributed by atoms with Gasteiger partial charge in [-0.2, -0.15) is 0 Å². The van der Waals surface area contributed by atoms with Gasteiger partial charge in [0.2, 0.25) is 0 Å². The van der Waals surface area contributed by atoms with Crippen LogP contribution in [0, 0.1) is 6.92 Å². The van der Waals surface area contributed by atoms with Crippen LogP contribution in [0.25, 0.3) is 12.2 Å². The van der Waals surface area contributed by atoms with Gasteiger partial charge in [-0.05, 0) is 42.0 Å². The lowest BCUT2D eigenvalue weighted by atomic mass is 10.1. The number of hydrogen-bond acceptors (Lipinski definition) is 1. The third-order valence-electron chi connectivity index (χ3n) is 3.74. The number of nitrogens with two attached hydrogens (primary N) is 1. The van der Waals surface area contributed by atoms with Crippen molar-refractivity contribution in [2.24, 2.45) is 5.73 Å². The van der Waals surface area contributed by atoms with Gasteiger partial charge >= 0.3 is 0 Å². The molecule has 1 nitrogen and oxygen atoms in total. The Morgan fingerprint density at radius 1 is 0.900 bits per heavy atom. The highest BCUT2D eigenvalue weighted by atomic mass is 35.5. The van der Waals surface area contributed by atoms with E-state index in [1.807, 2.05) is 0 Å². The van der Waals surface area contributed by atoms with Gasteiger partial charge in [-0.15, -0.1) is 12.4 Å². The summed E-state index contributed by atoms with van der Waals surface area (Å²) in [6.07, 6.45) is 6.38. The summed E-state index contributed by atoms with van der Waals surface area (Å²) in [6, 6.07) is 15.6. The fourth-order valence-corrected chi connectivity index (χ4v) is 2.65. The monoisotopic (exact) mass is 285 g/mol. The third kappa shape index (κ3) is 3.30. The zero-order chi connectivity index (χ0) is 13.2. The second kappa shape index (κ2) is 6.25. The molecule has 0 radical (unpaired) electrons. The highest BCUT2D eigenvalue weighted by Crippen LogP contribution is 2.23. The van der Waals surface area contributed by atoms with E-state index in [2.05, 4.69) is 61.5 Å². The van der Waals surface area contributed by atoms with Crippen molar-refractivity contribution in [3.63, 3.8) is 0 Å². The summed E-state index contributed by atoms with van der Waals surface area (Å²) in [5, 5.41) is 0. The number of benzene rings is 2. The minimum Gasteiger partial charge on any atom is -0.327 e. The summed E-state index contributed by atoms with van der Waals surface area (Å²) in [7, 11) is 0. The number of fused-ring (bicyclic) bond motifs is 1. The fourth-order valence-electron chi connectivity index (χ4n) is 2.65. The molecule has 1 unspecified atom stereocenters. The summed E-state index contributed by atoms with van der Waals surface area (Å²) in [4.78, 5) is 0. The van der Waals surface area contributed by atoms with E-state index in [1.54, 1.807) is 0 Å². The van der Waals surface area contributed by atoms with E-state index in [4.69, 9.17) is 5.73 Å². The molecule has 0 heterocycles. The van der Waals surface area contributed by atoms with Gasteiger partial charge in [-0.3, -0.25) is 0 Å². The van der Waals surface area contributed by atoms with Crippen LogP contribution in [0.3, 0.4) is 0 Å². The summed E-state index contributed by atoms with van der Waals surface area (Å²) in [6.45, 7) is 2.11. The van der Waals surface area contributed by atoms with Gasteiger partial charge in [0.1, 0.15) is 0 Å². The summed E-state index contributed by atoms with van der Waals surface area (Å²) < 4.78 is 0. The van der Waals surface area contributed by atoms with Gasteiger partial charge in [0.25, 0.3) is 0 Å². The topological polar surface area (TPSA) is 26.0 Å².